The van der Waals surface area contributed by atoms with Gasteiger partial charge in [-0.1, -0.05) is 19.1 Å². The molecule has 2 aromatic rings. The molecule has 0 saturated heterocycles. The first kappa shape index (κ1) is 16.5. The second-order valence-electron chi connectivity index (χ2n) is 4.00. The predicted molar refractivity (Wildman–Crippen MR) is 85.5 cm³/mol. The second-order valence-corrected chi connectivity index (χ2v) is 5.33. The van der Waals surface area contributed by atoms with E-state index >= 15 is 0 Å². The lowest BCUT2D eigenvalue weighted by atomic mass is 10.2. The highest BCUT2D eigenvalue weighted by Gasteiger charge is 2.04. The SMILES string of the molecule is CCSc1ccc(CNC(=O)c2ccncc2)cc1.Cl. The van der Waals surface area contributed by atoms with Crippen molar-refractivity contribution in [3.63, 3.8) is 0 Å². The Labute approximate surface area is 129 Å². The van der Waals surface area contributed by atoms with Crippen molar-refractivity contribution >= 4 is 30.1 Å². The van der Waals surface area contributed by atoms with Gasteiger partial charge in [-0.05, 0) is 35.6 Å². The molecule has 0 aliphatic heterocycles. The highest BCUT2D eigenvalue weighted by Crippen LogP contribution is 2.17. The first-order valence-corrected chi connectivity index (χ1v) is 7.18. The summed E-state index contributed by atoms with van der Waals surface area (Å²) in [5.41, 5.74) is 1.73. The average molecular weight is 309 g/mol. The fraction of sp³-hybridized carbons (Fsp3) is 0.200. The highest BCUT2D eigenvalue weighted by molar-refractivity contribution is 7.99. The van der Waals surface area contributed by atoms with Crippen LogP contribution in [0.5, 0.6) is 0 Å². The lowest BCUT2D eigenvalue weighted by Crippen LogP contribution is -2.22. The molecule has 1 aromatic carbocycles. The van der Waals surface area contributed by atoms with Gasteiger partial charge in [-0.25, -0.2) is 0 Å². The minimum Gasteiger partial charge on any atom is -0.348 e. The van der Waals surface area contributed by atoms with E-state index < -0.39 is 0 Å². The molecule has 0 atom stereocenters. The van der Waals surface area contributed by atoms with Crippen molar-refractivity contribution in [1.82, 2.24) is 10.3 Å². The van der Waals surface area contributed by atoms with Crippen LogP contribution in [0.3, 0.4) is 0 Å². The Morgan fingerprint density at radius 2 is 1.80 bits per heavy atom. The number of pyridine rings is 1. The molecule has 0 aliphatic rings. The van der Waals surface area contributed by atoms with Gasteiger partial charge in [0.05, 0.1) is 0 Å². The molecule has 1 N–H and O–H groups in total. The second kappa shape index (κ2) is 8.61. The zero-order chi connectivity index (χ0) is 13.5. The minimum absolute atomic E-state index is 0. The quantitative estimate of drug-likeness (QED) is 0.859. The van der Waals surface area contributed by atoms with Crippen LogP contribution in [0.2, 0.25) is 0 Å². The number of carbonyl (C=O) groups excluding carboxylic acids is 1. The van der Waals surface area contributed by atoms with Gasteiger partial charge in [0.15, 0.2) is 0 Å². The number of aromatic nitrogens is 1. The summed E-state index contributed by atoms with van der Waals surface area (Å²) in [7, 11) is 0. The minimum atomic E-state index is -0.0746. The summed E-state index contributed by atoms with van der Waals surface area (Å²) in [5.74, 6) is 0.993. The van der Waals surface area contributed by atoms with Crippen LogP contribution in [0, 0.1) is 0 Å². The molecule has 20 heavy (non-hydrogen) atoms. The maximum atomic E-state index is 11.8. The Balaban J connectivity index is 0.00000200. The number of amides is 1. The molecule has 5 heteroatoms. The molecule has 106 valence electrons. The monoisotopic (exact) mass is 308 g/mol. The molecule has 0 bridgehead atoms. The molecule has 0 fully saturated rings. The van der Waals surface area contributed by atoms with Crippen LogP contribution < -0.4 is 5.32 Å². The zero-order valence-corrected chi connectivity index (χ0v) is 12.8. The predicted octanol–water partition coefficient (Wildman–Crippen LogP) is 3.55. The Morgan fingerprint density at radius 1 is 1.15 bits per heavy atom. The smallest absolute Gasteiger partial charge is 0.251 e. The molecule has 0 saturated carbocycles. The van der Waals surface area contributed by atoms with E-state index in [1.54, 1.807) is 24.5 Å². The molecule has 1 heterocycles. The summed E-state index contributed by atoms with van der Waals surface area (Å²) in [6.45, 7) is 2.67. The molecule has 1 aromatic heterocycles. The van der Waals surface area contributed by atoms with Gasteiger partial charge in [0.2, 0.25) is 0 Å². The van der Waals surface area contributed by atoms with Crippen LogP contribution in [0.1, 0.15) is 22.8 Å². The number of thioether (sulfide) groups is 1. The van der Waals surface area contributed by atoms with Crippen molar-refractivity contribution in [2.24, 2.45) is 0 Å². The fourth-order valence-electron chi connectivity index (χ4n) is 1.66. The number of nitrogens with one attached hydrogen (secondary N) is 1. The molecule has 2 rings (SSSR count). The molecule has 0 unspecified atom stereocenters. The van der Waals surface area contributed by atoms with Crippen LogP contribution in [0.25, 0.3) is 0 Å². The maximum absolute atomic E-state index is 11.8. The Hall–Kier alpha value is -1.52. The molecule has 1 amide bonds. The number of hydrogen-bond acceptors (Lipinski definition) is 3. The van der Waals surface area contributed by atoms with Gasteiger partial charge in [-0.15, -0.1) is 24.2 Å². The fourth-order valence-corrected chi connectivity index (χ4v) is 2.32. The number of carbonyl (C=O) groups is 1. The van der Waals surface area contributed by atoms with Crippen LogP contribution in [0.4, 0.5) is 0 Å². The van der Waals surface area contributed by atoms with Gasteiger partial charge < -0.3 is 5.32 Å². The molecule has 3 nitrogen and oxygen atoms in total. The standard InChI is InChI=1S/C15H16N2OS.ClH/c1-2-19-14-5-3-12(4-6-14)11-17-15(18)13-7-9-16-10-8-13;/h3-10H,2,11H2,1H3,(H,17,18);1H. The van der Waals surface area contributed by atoms with E-state index in [0.29, 0.717) is 12.1 Å². The topological polar surface area (TPSA) is 42.0 Å². The van der Waals surface area contributed by atoms with Crippen molar-refractivity contribution in [3.8, 4) is 0 Å². The number of halogens is 1. The van der Waals surface area contributed by atoms with E-state index in [1.807, 2.05) is 23.9 Å². The summed E-state index contributed by atoms with van der Waals surface area (Å²) >= 11 is 1.81. The Kier molecular flexibility index (Phi) is 7.12. The van der Waals surface area contributed by atoms with Gasteiger partial charge in [-0.2, -0.15) is 0 Å². The van der Waals surface area contributed by atoms with Crippen LogP contribution >= 0.6 is 24.2 Å². The van der Waals surface area contributed by atoms with E-state index in [4.69, 9.17) is 0 Å². The number of hydrogen-bond donors (Lipinski definition) is 1. The highest BCUT2D eigenvalue weighted by atomic mass is 35.5. The van der Waals surface area contributed by atoms with Gasteiger partial charge in [0.1, 0.15) is 0 Å². The summed E-state index contributed by atoms with van der Waals surface area (Å²) in [6, 6.07) is 11.7. The van der Waals surface area contributed by atoms with E-state index in [9.17, 15) is 4.79 Å². The van der Waals surface area contributed by atoms with E-state index in [-0.39, 0.29) is 18.3 Å². The van der Waals surface area contributed by atoms with Crippen molar-refractivity contribution < 1.29 is 4.79 Å². The molecular weight excluding hydrogens is 292 g/mol. The van der Waals surface area contributed by atoms with Crippen LogP contribution in [-0.2, 0) is 6.54 Å². The first-order chi connectivity index (χ1) is 9.29. The largest absolute Gasteiger partial charge is 0.348 e. The maximum Gasteiger partial charge on any atom is 0.251 e. The zero-order valence-electron chi connectivity index (χ0n) is 11.2. The van der Waals surface area contributed by atoms with Gasteiger partial charge in [0, 0.05) is 29.4 Å². The lowest BCUT2D eigenvalue weighted by Gasteiger charge is -2.06. The number of benzene rings is 1. The van der Waals surface area contributed by atoms with Crippen LogP contribution in [-0.4, -0.2) is 16.6 Å². The molecule has 0 radical (unpaired) electrons. The Morgan fingerprint density at radius 3 is 2.40 bits per heavy atom. The van der Waals surface area contributed by atoms with E-state index in [2.05, 4.69) is 29.4 Å². The van der Waals surface area contributed by atoms with E-state index in [1.165, 1.54) is 4.90 Å². The summed E-state index contributed by atoms with van der Waals surface area (Å²) in [4.78, 5) is 17.0. The van der Waals surface area contributed by atoms with Crippen molar-refractivity contribution in [2.45, 2.75) is 18.4 Å². The number of nitrogens with zero attached hydrogens (tertiary/aromatic N) is 1. The third-order valence-corrected chi connectivity index (χ3v) is 3.52. The summed E-state index contributed by atoms with van der Waals surface area (Å²) in [5, 5.41) is 2.89. The summed E-state index contributed by atoms with van der Waals surface area (Å²) < 4.78 is 0. The Bertz CT molecular complexity index is 531. The van der Waals surface area contributed by atoms with Crippen molar-refractivity contribution in [3.05, 3.63) is 59.9 Å². The van der Waals surface area contributed by atoms with Crippen LogP contribution in [0.15, 0.2) is 53.7 Å². The molecule has 0 aliphatic carbocycles. The van der Waals surface area contributed by atoms with E-state index in [0.717, 1.165) is 11.3 Å². The number of rotatable bonds is 5. The van der Waals surface area contributed by atoms with Crippen molar-refractivity contribution in [1.29, 1.82) is 0 Å². The average Bonchev–Trinajstić information content (AvgIpc) is 2.47. The third kappa shape index (κ3) is 4.87. The molecular formula is C15H17ClN2OS. The molecule has 0 spiro atoms. The third-order valence-electron chi connectivity index (χ3n) is 2.63. The normalized spacial score (nSPS) is 9.65. The first-order valence-electron chi connectivity index (χ1n) is 6.19. The van der Waals surface area contributed by atoms with Gasteiger partial charge >= 0.3 is 0 Å². The summed E-state index contributed by atoms with van der Waals surface area (Å²) in [6.07, 6.45) is 3.23. The van der Waals surface area contributed by atoms with Gasteiger partial charge in [0.25, 0.3) is 5.91 Å². The lowest BCUT2D eigenvalue weighted by molar-refractivity contribution is 0.0951. The van der Waals surface area contributed by atoms with Gasteiger partial charge in [-0.3, -0.25) is 9.78 Å². The van der Waals surface area contributed by atoms with Crippen molar-refractivity contribution in [2.75, 3.05) is 5.75 Å².